The van der Waals surface area contributed by atoms with Crippen molar-refractivity contribution in [2.45, 2.75) is 26.2 Å². The lowest BCUT2D eigenvalue weighted by molar-refractivity contribution is -0.125. The largest absolute Gasteiger partial charge is 0.355 e. The monoisotopic (exact) mass is 396 g/mol. The molecule has 6 heteroatoms. The minimum absolute atomic E-state index is 0.0106. The third kappa shape index (κ3) is 4.30. The number of nitrogens with one attached hydrogen (secondary N) is 2. The second-order valence-electron chi connectivity index (χ2n) is 7.53. The molecule has 1 amide bonds. The summed E-state index contributed by atoms with van der Waals surface area (Å²) >= 11 is 6.06. The summed E-state index contributed by atoms with van der Waals surface area (Å²) in [6.45, 7) is 4.34. The Morgan fingerprint density at radius 1 is 1.29 bits per heavy atom. The van der Waals surface area contributed by atoms with Crippen LogP contribution in [0.25, 0.3) is 11.0 Å². The normalized spacial score (nSPS) is 17.1. The average Bonchev–Trinajstić information content (AvgIpc) is 3.13. The van der Waals surface area contributed by atoms with Crippen LogP contribution in [0.1, 0.15) is 24.0 Å². The smallest absolute Gasteiger partial charge is 0.224 e. The molecule has 0 radical (unpaired) electrons. The summed E-state index contributed by atoms with van der Waals surface area (Å²) in [6, 6.07) is 14.1. The highest BCUT2D eigenvalue weighted by molar-refractivity contribution is 6.31. The molecule has 1 aliphatic rings. The van der Waals surface area contributed by atoms with Crippen molar-refractivity contribution in [2.24, 2.45) is 5.92 Å². The number of carbonyl (C=O) groups excluding carboxylic acids is 1. The molecule has 0 bridgehead atoms. The van der Waals surface area contributed by atoms with Crippen molar-refractivity contribution < 1.29 is 4.79 Å². The number of hydrogen-bond acceptors (Lipinski definition) is 3. The number of anilines is 1. The second kappa shape index (κ2) is 8.23. The molecule has 5 nitrogen and oxygen atoms in total. The van der Waals surface area contributed by atoms with Crippen LogP contribution in [-0.4, -0.2) is 35.5 Å². The highest BCUT2D eigenvalue weighted by Crippen LogP contribution is 2.25. The van der Waals surface area contributed by atoms with Crippen molar-refractivity contribution >= 4 is 34.5 Å². The van der Waals surface area contributed by atoms with E-state index in [2.05, 4.69) is 51.4 Å². The van der Waals surface area contributed by atoms with E-state index in [1.807, 2.05) is 18.2 Å². The molecule has 0 saturated carbocycles. The summed E-state index contributed by atoms with van der Waals surface area (Å²) in [4.78, 5) is 22.8. The fourth-order valence-corrected chi connectivity index (χ4v) is 3.90. The number of benzene rings is 2. The molecule has 2 aromatic carbocycles. The van der Waals surface area contributed by atoms with Gasteiger partial charge in [-0.25, -0.2) is 4.98 Å². The topological polar surface area (TPSA) is 61.0 Å². The van der Waals surface area contributed by atoms with Crippen molar-refractivity contribution in [3.8, 4) is 0 Å². The number of aromatic nitrogens is 2. The van der Waals surface area contributed by atoms with Crippen LogP contribution in [0.2, 0.25) is 5.02 Å². The van der Waals surface area contributed by atoms with E-state index in [1.165, 1.54) is 11.1 Å². The number of halogens is 1. The lowest BCUT2D eigenvalue weighted by Crippen LogP contribution is -2.43. The zero-order valence-electron chi connectivity index (χ0n) is 16.0. The first-order chi connectivity index (χ1) is 13.6. The van der Waals surface area contributed by atoms with Gasteiger partial charge in [0.15, 0.2) is 0 Å². The second-order valence-corrected chi connectivity index (χ2v) is 7.97. The van der Waals surface area contributed by atoms with Crippen LogP contribution in [-0.2, 0) is 11.2 Å². The molecule has 1 aliphatic heterocycles. The summed E-state index contributed by atoms with van der Waals surface area (Å²) in [7, 11) is 0. The number of nitrogens with zero attached hydrogens (tertiary/aromatic N) is 2. The molecular formula is C22H25ClN4O. The van der Waals surface area contributed by atoms with Gasteiger partial charge in [0.1, 0.15) is 0 Å². The summed E-state index contributed by atoms with van der Waals surface area (Å²) in [5, 5.41) is 3.80. The van der Waals surface area contributed by atoms with Gasteiger partial charge < -0.3 is 15.2 Å². The molecule has 1 atom stereocenters. The quantitative estimate of drug-likeness (QED) is 0.682. The molecule has 1 saturated heterocycles. The van der Waals surface area contributed by atoms with Crippen molar-refractivity contribution in [2.75, 3.05) is 24.5 Å². The number of aromatic amines is 1. The number of rotatable bonds is 5. The number of fused-ring (bicyclic) bond motifs is 1. The summed E-state index contributed by atoms with van der Waals surface area (Å²) in [5.41, 5.74) is 4.32. The van der Waals surface area contributed by atoms with Crippen LogP contribution in [0.15, 0.2) is 42.5 Å². The van der Waals surface area contributed by atoms with E-state index in [0.29, 0.717) is 18.1 Å². The maximum Gasteiger partial charge on any atom is 0.224 e. The van der Waals surface area contributed by atoms with Gasteiger partial charge in [-0.2, -0.15) is 0 Å². The van der Waals surface area contributed by atoms with Gasteiger partial charge in [0, 0.05) is 24.7 Å². The van der Waals surface area contributed by atoms with Crippen LogP contribution in [0, 0.1) is 12.8 Å². The fourth-order valence-electron chi connectivity index (χ4n) is 3.73. The molecular weight excluding hydrogens is 372 g/mol. The van der Waals surface area contributed by atoms with Gasteiger partial charge in [0.2, 0.25) is 11.9 Å². The molecule has 146 valence electrons. The number of hydrogen-bond donors (Lipinski definition) is 2. The first kappa shape index (κ1) is 18.8. The number of H-pyrrole nitrogens is 1. The lowest BCUT2D eigenvalue weighted by Gasteiger charge is -2.31. The Kier molecular flexibility index (Phi) is 5.53. The standard InChI is InChI=1S/C22H25ClN4O/c1-15-4-6-16(7-5-15)10-11-24-21(28)17-3-2-12-27(14-17)22-25-19-9-8-18(23)13-20(19)26-22/h4-9,13,17H,2-3,10-12,14H2,1H3,(H,24,28)(H,25,26). The van der Waals surface area contributed by atoms with Crippen molar-refractivity contribution in [3.63, 3.8) is 0 Å². The maximum absolute atomic E-state index is 12.7. The molecule has 4 rings (SSSR count). The van der Waals surface area contributed by atoms with Crippen LogP contribution in [0.4, 0.5) is 5.95 Å². The van der Waals surface area contributed by atoms with Crippen molar-refractivity contribution in [1.29, 1.82) is 0 Å². The van der Waals surface area contributed by atoms with Crippen LogP contribution in [0.5, 0.6) is 0 Å². The molecule has 1 unspecified atom stereocenters. The predicted molar refractivity (Wildman–Crippen MR) is 114 cm³/mol. The van der Waals surface area contributed by atoms with Gasteiger partial charge in [-0.15, -0.1) is 0 Å². The number of imidazole rings is 1. The Labute approximate surface area is 170 Å². The van der Waals surface area contributed by atoms with E-state index in [1.54, 1.807) is 0 Å². The molecule has 0 spiro atoms. The molecule has 1 fully saturated rings. The Balaban J connectivity index is 1.34. The first-order valence-electron chi connectivity index (χ1n) is 9.82. The zero-order chi connectivity index (χ0) is 19.5. The summed E-state index contributed by atoms with van der Waals surface area (Å²) < 4.78 is 0. The minimum Gasteiger partial charge on any atom is -0.355 e. The molecule has 0 aliphatic carbocycles. The van der Waals surface area contributed by atoms with E-state index in [0.717, 1.165) is 42.8 Å². The maximum atomic E-state index is 12.7. The fraction of sp³-hybridized carbons (Fsp3) is 0.364. The van der Waals surface area contributed by atoms with Gasteiger partial charge in [-0.3, -0.25) is 4.79 Å². The van der Waals surface area contributed by atoms with Gasteiger partial charge >= 0.3 is 0 Å². The van der Waals surface area contributed by atoms with Crippen LogP contribution in [0.3, 0.4) is 0 Å². The lowest BCUT2D eigenvalue weighted by atomic mass is 9.97. The average molecular weight is 397 g/mol. The highest BCUT2D eigenvalue weighted by atomic mass is 35.5. The first-order valence-corrected chi connectivity index (χ1v) is 10.2. The van der Waals surface area contributed by atoms with E-state index >= 15 is 0 Å². The third-order valence-electron chi connectivity index (χ3n) is 5.36. The SMILES string of the molecule is Cc1ccc(CCNC(=O)C2CCCN(c3nc4ccc(Cl)cc4[nH]3)C2)cc1. The van der Waals surface area contributed by atoms with E-state index in [9.17, 15) is 4.79 Å². The summed E-state index contributed by atoms with van der Waals surface area (Å²) in [6.07, 6.45) is 2.75. The molecule has 28 heavy (non-hydrogen) atoms. The zero-order valence-corrected chi connectivity index (χ0v) is 16.8. The Morgan fingerprint density at radius 2 is 2.11 bits per heavy atom. The highest BCUT2D eigenvalue weighted by Gasteiger charge is 2.27. The van der Waals surface area contributed by atoms with Gasteiger partial charge in [0.05, 0.1) is 17.0 Å². The Bertz CT molecular complexity index is 966. The third-order valence-corrected chi connectivity index (χ3v) is 5.59. The minimum atomic E-state index is -0.0106. The van der Waals surface area contributed by atoms with E-state index in [-0.39, 0.29) is 11.8 Å². The Hall–Kier alpha value is -2.53. The van der Waals surface area contributed by atoms with Crippen LogP contribution >= 0.6 is 11.6 Å². The molecule has 1 aromatic heterocycles. The summed E-state index contributed by atoms with van der Waals surface area (Å²) in [5.74, 6) is 0.939. The molecule has 2 heterocycles. The van der Waals surface area contributed by atoms with Gasteiger partial charge in [-0.05, 0) is 49.9 Å². The number of piperidine rings is 1. The molecule has 2 N–H and O–H groups in total. The number of carbonyl (C=O) groups is 1. The van der Waals surface area contributed by atoms with Crippen LogP contribution < -0.4 is 10.2 Å². The Morgan fingerprint density at radius 3 is 2.93 bits per heavy atom. The molecule has 3 aromatic rings. The van der Waals surface area contributed by atoms with E-state index < -0.39 is 0 Å². The number of amides is 1. The van der Waals surface area contributed by atoms with Crippen molar-refractivity contribution in [1.82, 2.24) is 15.3 Å². The van der Waals surface area contributed by atoms with Gasteiger partial charge in [0.25, 0.3) is 0 Å². The van der Waals surface area contributed by atoms with Crippen molar-refractivity contribution in [3.05, 3.63) is 58.6 Å². The number of aryl methyl sites for hydroxylation is 1. The van der Waals surface area contributed by atoms with Gasteiger partial charge in [-0.1, -0.05) is 41.4 Å². The predicted octanol–water partition coefficient (Wildman–Crippen LogP) is 4.10. The van der Waals surface area contributed by atoms with E-state index in [4.69, 9.17) is 11.6 Å².